The minimum atomic E-state index is -0.425. The van der Waals surface area contributed by atoms with Crippen LogP contribution in [0.3, 0.4) is 0 Å². The molecule has 6 heteroatoms. The highest BCUT2D eigenvalue weighted by molar-refractivity contribution is 6.31. The van der Waals surface area contributed by atoms with Gasteiger partial charge in [0.2, 0.25) is 5.91 Å². The summed E-state index contributed by atoms with van der Waals surface area (Å²) in [7, 11) is 0. The van der Waals surface area contributed by atoms with E-state index in [0.717, 1.165) is 22.5 Å². The Morgan fingerprint density at radius 1 is 1.08 bits per heavy atom. The third-order valence-electron chi connectivity index (χ3n) is 4.53. The molecule has 0 aliphatic carbocycles. The topological polar surface area (TPSA) is 52.6 Å². The van der Waals surface area contributed by atoms with E-state index in [-0.39, 0.29) is 11.8 Å². The molecule has 2 aromatic rings. The molecule has 3 rings (SSSR count). The first-order valence-corrected chi connectivity index (χ1v) is 8.40. The van der Waals surface area contributed by atoms with Crippen LogP contribution < -0.4 is 10.4 Å². The first-order chi connectivity index (χ1) is 11.3. The van der Waals surface area contributed by atoms with Crippen molar-refractivity contribution in [3.8, 4) is 0 Å². The molecule has 0 aromatic heterocycles. The number of hydrogen-bond acceptors (Lipinski definition) is 3. The molecule has 0 saturated carbocycles. The van der Waals surface area contributed by atoms with Crippen LogP contribution in [0.1, 0.15) is 31.4 Å². The molecule has 1 amide bonds. The second-order valence-corrected chi connectivity index (χ2v) is 7.26. The summed E-state index contributed by atoms with van der Waals surface area (Å²) in [6, 6.07) is 11.5. The van der Waals surface area contributed by atoms with Gasteiger partial charge < -0.3 is 4.90 Å². The van der Waals surface area contributed by atoms with Crippen molar-refractivity contribution in [2.75, 3.05) is 11.4 Å². The number of halogens is 2. The standard InChI is InChI=1S/C18H18Cl2N2O2/c1-18(2)13-9-11(19)3-5-15(13)22(8-7-17(23)21-24)16-6-4-12(20)10-14(16)18/h3-6,9-10,24H,7-8H2,1-2H3,(H,21,23). The summed E-state index contributed by atoms with van der Waals surface area (Å²) in [5, 5.41) is 10.1. The maximum atomic E-state index is 11.5. The van der Waals surface area contributed by atoms with E-state index in [1.165, 1.54) is 0 Å². The Kier molecular flexibility index (Phi) is 4.47. The van der Waals surface area contributed by atoms with Gasteiger partial charge in [-0.05, 0) is 47.5 Å². The van der Waals surface area contributed by atoms with Gasteiger partial charge in [-0.3, -0.25) is 10.0 Å². The summed E-state index contributed by atoms with van der Waals surface area (Å²) in [6.07, 6.45) is 0.168. The van der Waals surface area contributed by atoms with Crippen LogP contribution in [0.25, 0.3) is 0 Å². The molecule has 126 valence electrons. The number of hydrogen-bond donors (Lipinski definition) is 2. The number of carbonyl (C=O) groups is 1. The third-order valence-corrected chi connectivity index (χ3v) is 5.00. The summed E-state index contributed by atoms with van der Waals surface area (Å²) < 4.78 is 0. The molecule has 24 heavy (non-hydrogen) atoms. The molecule has 0 unspecified atom stereocenters. The van der Waals surface area contributed by atoms with Crippen molar-refractivity contribution in [2.24, 2.45) is 0 Å². The Hall–Kier alpha value is -1.75. The minimum absolute atomic E-state index is 0.168. The maximum absolute atomic E-state index is 11.5. The van der Waals surface area contributed by atoms with Crippen molar-refractivity contribution >= 4 is 40.5 Å². The Labute approximate surface area is 150 Å². The van der Waals surface area contributed by atoms with Crippen LogP contribution >= 0.6 is 23.2 Å². The molecular formula is C18H18Cl2N2O2. The SMILES string of the molecule is CC1(C)c2cc(Cl)ccc2N(CCC(=O)NO)c2ccc(Cl)cc21. The number of hydroxylamine groups is 1. The normalized spacial score (nSPS) is 14.8. The monoisotopic (exact) mass is 364 g/mol. The Morgan fingerprint density at radius 3 is 2.04 bits per heavy atom. The van der Waals surface area contributed by atoms with Gasteiger partial charge >= 0.3 is 0 Å². The van der Waals surface area contributed by atoms with Crippen molar-refractivity contribution in [3.63, 3.8) is 0 Å². The van der Waals surface area contributed by atoms with Crippen molar-refractivity contribution < 1.29 is 10.0 Å². The predicted molar refractivity (Wildman–Crippen MR) is 96.6 cm³/mol. The van der Waals surface area contributed by atoms with Crippen LogP contribution in [0.4, 0.5) is 11.4 Å². The molecule has 1 heterocycles. The van der Waals surface area contributed by atoms with E-state index in [4.69, 9.17) is 28.4 Å². The van der Waals surface area contributed by atoms with E-state index < -0.39 is 5.91 Å². The van der Waals surface area contributed by atoms with Crippen LogP contribution in [0.2, 0.25) is 10.0 Å². The highest BCUT2D eigenvalue weighted by Gasteiger charge is 2.36. The largest absolute Gasteiger partial charge is 0.340 e. The van der Waals surface area contributed by atoms with Gasteiger partial charge in [-0.25, -0.2) is 5.48 Å². The van der Waals surface area contributed by atoms with Crippen molar-refractivity contribution in [2.45, 2.75) is 25.7 Å². The zero-order chi connectivity index (χ0) is 17.5. The van der Waals surface area contributed by atoms with Gasteiger partial charge in [-0.1, -0.05) is 37.0 Å². The summed E-state index contributed by atoms with van der Waals surface area (Å²) in [5.74, 6) is -0.425. The lowest BCUT2D eigenvalue weighted by Gasteiger charge is -2.42. The third kappa shape index (κ3) is 2.86. The van der Waals surface area contributed by atoms with Crippen LogP contribution in [0.5, 0.6) is 0 Å². The Balaban J connectivity index is 2.15. The lowest BCUT2D eigenvalue weighted by molar-refractivity contribution is -0.128. The average Bonchev–Trinajstić information content (AvgIpc) is 2.55. The molecule has 0 atom stereocenters. The highest BCUT2D eigenvalue weighted by atomic mass is 35.5. The van der Waals surface area contributed by atoms with E-state index in [1.54, 1.807) is 5.48 Å². The van der Waals surface area contributed by atoms with Crippen LogP contribution in [-0.2, 0) is 10.2 Å². The van der Waals surface area contributed by atoms with E-state index in [9.17, 15) is 4.79 Å². The first-order valence-electron chi connectivity index (χ1n) is 7.65. The minimum Gasteiger partial charge on any atom is -0.340 e. The van der Waals surface area contributed by atoms with E-state index in [0.29, 0.717) is 16.6 Å². The number of fused-ring (bicyclic) bond motifs is 2. The number of anilines is 2. The fraction of sp³-hybridized carbons (Fsp3) is 0.278. The lowest BCUT2D eigenvalue weighted by atomic mass is 9.73. The molecule has 1 aliphatic heterocycles. The zero-order valence-electron chi connectivity index (χ0n) is 13.4. The van der Waals surface area contributed by atoms with Crippen molar-refractivity contribution in [3.05, 3.63) is 57.6 Å². The smallest absolute Gasteiger partial charge is 0.245 e. The van der Waals surface area contributed by atoms with Crippen LogP contribution in [0.15, 0.2) is 36.4 Å². The second-order valence-electron chi connectivity index (χ2n) is 6.38. The van der Waals surface area contributed by atoms with E-state index in [2.05, 4.69) is 18.7 Å². The quantitative estimate of drug-likeness (QED) is 0.614. The van der Waals surface area contributed by atoms with Gasteiger partial charge in [-0.15, -0.1) is 0 Å². The number of carbonyl (C=O) groups excluding carboxylic acids is 1. The Bertz CT molecular complexity index is 750. The number of nitrogens with one attached hydrogen (secondary N) is 1. The molecule has 1 aliphatic rings. The molecule has 0 fully saturated rings. The predicted octanol–water partition coefficient (Wildman–Crippen LogP) is 4.67. The molecule has 2 aromatic carbocycles. The van der Waals surface area contributed by atoms with Crippen LogP contribution in [-0.4, -0.2) is 17.7 Å². The molecule has 0 radical (unpaired) electrons. The van der Waals surface area contributed by atoms with E-state index in [1.807, 2.05) is 36.4 Å². The Morgan fingerprint density at radius 2 is 1.58 bits per heavy atom. The second kappa shape index (κ2) is 6.28. The number of amides is 1. The van der Waals surface area contributed by atoms with Gasteiger partial charge in [0.05, 0.1) is 0 Å². The maximum Gasteiger partial charge on any atom is 0.245 e. The zero-order valence-corrected chi connectivity index (χ0v) is 14.9. The van der Waals surface area contributed by atoms with Crippen molar-refractivity contribution in [1.29, 1.82) is 0 Å². The molecular weight excluding hydrogens is 347 g/mol. The number of rotatable bonds is 3. The van der Waals surface area contributed by atoms with E-state index >= 15 is 0 Å². The number of nitrogens with zero attached hydrogens (tertiary/aromatic N) is 1. The molecule has 0 saturated heterocycles. The van der Waals surface area contributed by atoms with Gasteiger partial charge in [-0.2, -0.15) is 0 Å². The molecule has 0 spiro atoms. The molecule has 2 N–H and O–H groups in total. The molecule has 4 nitrogen and oxygen atoms in total. The number of benzene rings is 2. The van der Waals surface area contributed by atoms with Gasteiger partial charge in [0.1, 0.15) is 0 Å². The lowest BCUT2D eigenvalue weighted by Crippen LogP contribution is -2.35. The fourth-order valence-electron chi connectivity index (χ4n) is 3.27. The van der Waals surface area contributed by atoms with Gasteiger partial charge in [0.15, 0.2) is 0 Å². The summed E-state index contributed by atoms with van der Waals surface area (Å²) in [4.78, 5) is 13.6. The average molecular weight is 365 g/mol. The van der Waals surface area contributed by atoms with Crippen LogP contribution in [0, 0.1) is 0 Å². The fourth-order valence-corrected chi connectivity index (χ4v) is 3.62. The molecule has 0 bridgehead atoms. The summed E-state index contributed by atoms with van der Waals surface area (Å²) >= 11 is 12.4. The highest BCUT2D eigenvalue weighted by Crippen LogP contribution is 2.50. The van der Waals surface area contributed by atoms with Gasteiger partial charge in [0.25, 0.3) is 0 Å². The first kappa shape index (κ1) is 17.1. The van der Waals surface area contributed by atoms with Gasteiger partial charge in [0, 0.05) is 39.8 Å². The summed E-state index contributed by atoms with van der Waals surface area (Å²) in [5.41, 5.74) is 5.58. The van der Waals surface area contributed by atoms with Crippen molar-refractivity contribution in [1.82, 2.24) is 5.48 Å². The summed E-state index contributed by atoms with van der Waals surface area (Å²) in [6.45, 7) is 4.70.